The summed E-state index contributed by atoms with van der Waals surface area (Å²) >= 11 is 0. The van der Waals surface area contributed by atoms with Crippen molar-refractivity contribution in [3.63, 3.8) is 0 Å². The lowest BCUT2D eigenvalue weighted by atomic mass is 9.89. The van der Waals surface area contributed by atoms with Crippen molar-refractivity contribution in [2.45, 2.75) is 94.2 Å². The number of aromatic nitrogens is 4. The fourth-order valence-corrected chi connectivity index (χ4v) is 10.7. The van der Waals surface area contributed by atoms with Gasteiger partial charge in [0, 0.05) is 31.2 Å². The predicted octanol–water partition coefficient (Wildman–Crippen LogP) is 9.86. The van der Waals surface area contributed by atoms with Crippen molar-refractivity contribution in [2.75, 3.05) is 43.1 Å². The second-order valence-corrected chi connectivity index (χ2v) is 17.3. The van der Waals surface area contributed by atoms with Crippen molar-refractivity contribution >= 4 is 45.4 Å². The van der Waals surface area contributed by atoms with Crippen LogP contribution in [0.4, 0.5) is 25.0 Å². The number of carbonyl (C=O) groups is 2. The number of piperidine rings is 1. The summed E-state index contributed by atoms with van der Waals surface area (Å²) in [4.78, 5) is 47.6. The highest BCUT2D eigenvalue weighted by Crippen LogP contribution is 2.49. The summed E-state index contributed by atoms with van der Waals surface area (Å²) < 4.78 is 37.7. The lowest BCUT2D eigenvalue weighted by Gasteiger charge is -2.36. The molecule has 0 bridgehead atoms. The third kappa shape index (κ3) is 7.56. The lowest BCUT2D eigenvalue weighted by Crippen LogP contribution is -2.40. The minimum Gasteiger partial charge on any atom is -0.453 e. The number of amides is 2. The number of hydrogen-bond acceptors (Lipinski definition) is 7. The molecule has 6 aromatic rings. The number of aromatic amines is 2. The summed E-state index contributed by atoms with van der Waals surface area (Å²) in [5.41, 5.74) is 7.43. The highest BCUT2D eigenvalue weighted by atomic mass is 19.1. The first-order valence-electron chi connectivity index (χ1n) is 22.0. The topological polar surface area (TPSA) is 122 Å². The number of rotatable bonds is 9. The molecule has 13 heteroatoms. The molecule has 0 unspecified atom stereocenters. The second-order valence-electron chi connectivity index (χ2n) is 17.3. The van der Waals surface area contributed by atoms with Crippen LogP contribution in [0, 0.1) is 11.6 Å². The first kappa shape index (κ1) is 39.2. The Morgan fingerprint density at radius 3 is 1.95 bits per heavy atom. The standard InChI is InChI=1S/C48H52F2N8O3/c1-61-48(60)51-28-44(59)57-21-7-12-43(57)47-53-38-16-14-33(25-40(38)55-47)42-18-17-41(32-13-15-37-39(24-32)54-46(52-37)31-10-5-6-11-31)58(42)34-26-35(49)45(36(50)27-34)56-22-19-30(20-23-56)29-8-3-2-4-9-29/h2-4,8-9,13-16,24-27,30-31,41-43H,5-7,10-12,17-23,28H2,1H3,(H,51,60)(H,52,54)(H,53,55)/t41-,42-,43+/m1/s1. The van der Waals surface area contributed by atoms with E-state index in [9.17, 15) is 9.59 Å². The number of nitrogens with one attached hydrogen (secondary N) is 3. The average molecular weight is 827 g/mol. The van der Waals surface area contributed by atoms with Crippen LogP contribution in [0.15, 0.2) is 78.9 Å². The zero-order chi connectivity index (χ0) is 41.6. The molecule has 316 valence electrons. The van der Waals surface area contributed by atoms with Crippen LogP contribution < -0.4 is 15.1 Å². The normalized spacial score (nSPS) is 21.3. The molecule has 0 radical (unpaired) electrons. The van der Waals surface area contributed by atoms with Gasteiger partial charge in [-0.1, -0.05) is 55.3 Å². The maximum Gasteiger partial charge on any atom is 0.407 e. The minimum atomic E-state index is -0.653. The number of alkyl carbamates (subject to hydrolysis) is 1. The number of imidazole rings is 2. The summed E-state index contributed by atoms with van der Waals surface area (Å²) in [7, 11) is 1.27. The number of fused-ring (bicyclic) bond motifs is 2. The average Bonchev–Trinajstić information content (AvgIpc) is 4.14. The van der Waals surface area contributed by atoms with Gasteiger partial charge in [0.15, 0.2) is 11.6 Å². The van der Waals surface area contributed by atoms with Gasteiger partial charge in [-0.15, -0.1) is 0 Å². The van der Waals surface area contributed by atoms with Crippen molar-refractivity contribution in [3.8, 4) is 0 Å². The Hall–Kier alpha value is -5.98. The molecule has 4 fully saturated rings. The number of likely N-dealkylation sites (tertiary alicyclic amines) is 1. The summed E-state index contributed by atoms with van der Waals surface area (Å²) in [6, 6.07) is 25.4. The van der Waals surface area contributed by atoms with Gasteiger partial charge in [-0.25, -0.2) is 23.5 Å². The van der Waals surface area contributed by atoms with Crippen LogP contribution in [0.1, 0.15) is 123 Å². The van der Waals surface area contributed by atoms with Gasteiger partial charge in [-0.3, -0.25) is 4.79 Å². The number of anilines is 2. The molecule has 1 aliphatic carbocycles. The summed E-state index contributed by atoms with van der Waals surface area (Å²) in [6.07, 6.45) is 8.87. The van der Waals surface area contributed by atoms with E-state index < -0.39 is 17.7 Å². The van der Waals surface area contributed by atoms with Crippen LogP contribution in [-0.4, -0.2) is 70.1 Å². The zero-order valence-electron chi connectivity index (χ0n) is 34.5. The Kier molecular flexibility index (Phi) is 10.6. The molecule has 2 aromatic heterocycles. The number of benzene rings is 4. The fraction of sp³-hybridized carbons (Fsp3) is 0.417. The quantitative estimate of drug-likeness (QED) is 0.133. The highest BCUT2D eigenvalue weighted by Gasteiger charge is 2.38. The molecular formula is C48H52F2N8O3. The third-order valence-electron chi connectivity index (χ3n) is 13.8. The monoisotopic (exact) mass is 826 g/mol. The Morgan fingerprint density at radius 2 is 1.31 bits per heavy atom. The van der Waals surface area contributed by atoms with Gasteiger partial charge in [0.1, 0.15) is 23.9 Å². The van der Waals surface area contributed by atoms with E-state index in [1.165, 1.54) is 37.6 Å². The van der Waals surface area contributed by atoms with Gasteiger partial charge >= 0.3 is 6.09 Å². The van der Waals surface area contributed by atoms with Gasteiger partial charge < -0.3 is 34.7 Å². The number of halogens is 2. The van der Waals surface area contributed by atoms with Gasteiger partial charge in [-0.05, 0) is 110 Å². The van der Waals surface area contributed by atoms with Crippen LogP contribution in [-0.2, 0) is 9.53 Å². The van der Waals surface area contributed by atoms with Gasteiger partial charge in [-0.2, -0.15) is 0 Å². The van der Waals surface area contributed by atoms with Crippen molar-refractivity contribution < 1.29 is 23.1 Å². The van der Waals surface area contributed by atoms with E-state index in [0.29, 0.717) is 43.0 Å². The smallest absolute Gasteiger partial charge is 0.407 e. The summed E-state index contributed by atoms with van der Waals surface area (Å²) in [5, 5.41) is 2.49. The lowest BCUT2D eigenvalue weighted by molar-refractivity contribution is -0.131. The Labute approximate surface area is 353 Å². The van der Waals surface area contributed by atoms with Crippen molar-refractivity contribution in [2.24, 2.45) is 0 Å². The van der Waals surface area contributed by atoms with Crippen LogP contribution in [0.3, 0.4) is 0 Å². The number of methoxy groups -OCH3 is 1. The van der Waals surface area contributed by atoms with E-state index in [-0.39, 0.29) is 36.3 Å². The molecule has 10 rings (SSSR count). The highest BCUT2D eigenvalue weighted by molar-refractivity contribution is 5.83. The molecule has 3 atom stereocenters. The molecule has 4 aromatic carbocycles. The predicted molar refractivity (Wildman–Crippen MR) is 232 cm³/mol. The molecule has 4 aliphatic rings. The van der Waals surface area contributed by atoms with E-state index >= 15 is 8.78 Å². The van der Waals surface area contributed by atoms with Gasteiger partial charge in [0.2, 0.25) is 5.91 Å². The fourth-order valence-electron chi connectivity index (χ4n) is 10.7. The van der Waals surface area contributed by atoms with E-state index in [0.717, 1.165) is 90.4 Å². The molecule has 61 heavy (non-hydrogen) atoms. The number of ether oxygens (including phenoxy) is 1. The van der Waals surface area contributed by atoms with Crippen LogP contribution in [0.25, 0.3) is 22.1 Å². The molecule has 3 N–H and O–H groups in total. The molecule has 0 spiro atoms. The number of hydrogen-bond donors (Lipinski definition) is 3. The maximum atomic E-state index is 16.6. The Balaban J connectivity index is 0.965. The van der Waals surface area contributed by atoms with E-state index in [1.807, 2.05) is 29.2 Å². The van der Waals surface area contributed by atoms with E-state index in [2.05, 4.69) is 67.4 Å². The van der Waals surface area contributed by atoms with Crippen LogP contribution in [0.5, 0.6) is 0 Å². The maximum absolute atomic E-state index is 16.6. The van der Waals surface area contributed by atoms with Crippen LogP contribution in [0.2, 0.25) is 0 Å². The number of nitrogens with zero attached hydrogens (tertiary/aromatic N) is 5. The molecule has 3 aliphatic heterocycles. The number of carbonyl (C=O) groups excluding carboxylic acids is 2. The Morgan fingerprint density at radius 1 is 0.689 bits per heavy atom. The zero-order valence-corrected chi connectivity index (χ0v) is 34.5. The third-order valence-corrected chi connectivity index (χ3v) is 13.8. The SMILES string of the molecule is COC(=O)NCC(=O)N1CCC[C@H]1c1nc2ccc([C@H]3CC[C@H](c4ccc5nc(C6CCCC6)[nH]c5c4)N3c3cc(F)c(N4CCC(c5ccccc5)CC4)c(F)c3)cc2[nH]1. The van der Waals surface area contributed by atoms with Crippen molar-refractivity contribution in [1.82, 2.24) is 30.2 Å². The van der Waals surface area contributed by atoms with Gasteiger partial charge in [0.25, 0.3) is 0 Å². The minimum absolute atomic E-state index is 0.0489. The van der Waals surface area contributed by atoms with Crippen LogP contribution >= 0.6 is 0 Å². The molecular weight excluding hydrogens is 775 g/mol. The van der Waals surface area contributed by atoms with Gasteiger partial charge in [0.05, 0.1) is 47.3 Å². The van der Waals surface area contributed by atoms with E-state index in [4.69, 9.17) is 9.97 Å². The molecule has 5 heterocycles. The largest absolute Gasteiger partial charge is 0.453 e. The van der Waals surface area contributed by atoms with E-state index in [1.54, 1.807) is 4.90 Å². The van der Waals surface area contributed by atoms with Crippen molar-refractivity contribution in [1.29, 1.82) is 0 Å². The molecule has 3 saturated heterocycles. The first-order chi connectivity index (χ1) is 29.8. The number of H-pyrrole nitrogens is 2. The van der Waals surface area contributed by atoms with Crippen molar-refractivity contribution in [3.05, 3.63) is 119 Å². The summed E-state index contributed by atoms with van der Waals surface area (Å²) in [6.45, 7) is 1.57. The second kappa shape index (κ2) is 16.5. The molecule has 1 saturated carbocycles. The molecule has 11 nitrogen and oxygen atoms in total. The summed E-state index contributed by atoms with van der Waals surface area (Å²) in [5.74, 6) is 1.27. The first-order valence-corrected chi connectivity index (χ1v) is 22.0. The molecule has 2 amide bonds. The Bertz CT molecular complexity index is 2540.